The van der Waals surface area contributed by atoms with Gasteiger partial charge in [0.05, 0.1) is 0 Å². The maximum atomic E-state index is 12.5. The maximum Gasteiger partial charge on any atom is 0.326 e. The predicted octanol–water partition coefficient (Wildman–Crippen LogP) is 9.00. The van der Waals surface area contributed by atoms with Gasteiger partial charge in [0, 0.05) is 12.8 Å². The monoisotopic (exact) mass is 597 g/mol. The first kappa shape index (κ1) is 40.4. The summed E-state index contributed by atoms with van der Waals surface area (Å²) in [4.78, 5) is 36.0. The van der Waals surface area contributed by atoms with E-state index in [-0.39, 0.29) is 18.0 Å². The Morgan fingerprint density at radius 3 is 1.50 bits per heavy atom. The summed E-state index contributed by atoms with van der Waals surface area (Å²) in [6, 6.07) is -0.857. The Hall–Kier alpha value is -1.63. The molecule has 42 heavy (non-hydrogen) atoms. The van der Waals surface area contributed by atoms with Gasteiger partial charge in [-0.15, -0.1) is 0 Å². The molecule has 0 heterocycles. The minimum absolute atomic E-state index is 0.00139. The van der Waals surface area contributed by atoms with Crippen molar-refractivity contribution in [2.45, 2.75) is 199 Å². The van der Waals surface area contributed by atoms with E-state index in [0.717, 1.165) is 57.8 Å². The van der Waals surface area contributed by atoms with Crippen LogP contribution in [0.2, 0.25) is 0 Å². The molecule has 7 heteroatoms. The number of aliphatic carboxylic acids is 1. The molecule has 2 unspecified atom stereocenters. The maximum absolute atomic E-state index is 12.5. The topological polar surface area (TPSA) is 119 Å². The predicted molar refractivity (Wildman–Crippen MR) is 175 cm³/mol. The number of unbranched alkanes of at least 4 members (excludes halogenated alkanes) is 18. The molecule has 0 aliphatic rings. The fourth-order valence-corrected chi connectivity index (χ4v) is 5.45. The summed E-state index contributed by atoms with van der Waals surface area (Å²) in [5, 5.41) is 11.9. The number of rotatable bonds is 32. The fourth-order valence-electron chi connectivity index (χ4n) is 5.45. The van der Waals surface area contributed by atoms with Crippen LogP contribution in [0.3, 0.4) is 0 Å². The van der Waals surface area contributed by atoms with E-state index >= 15 is 0 Å². The second-order valence-corrected chi connectivity index (χ2v) is 12.3. The smallest absolute Gasteiger partial charge is 0.326 e. The lowest BCUT2D eigenvalue weighted by Gasteiger charge is -2.18. The van der Waals surface area contributed by atoms with E-state index < -0.39 is 12.0 Å². The third-order valence-corrected chi connectivity index (χ3v) is 8.17. The highest BCUT2D eigenvalue weighted by molar-refractivity contribution is 5.83. The average molecular weight is 597 g/mol. The van der Waals surface area contributed by atoms with Crippen LogP contribution in [-0.2, 0) is 19.1 Å². The SMILES string of the molecule is CCCCCCCCCCCCCCCC(=O)OC(CCCCCC)CCCCCCC(=O)NC(CCCN)C(=O)O. The van der Waals surface area contributed by atoms with Gasteiger partial charge in [-0.25, -0.2) is 4.79 Å². The Kier molecular flexibility index (Phi) is 29.6. The van der Waals surface area contributed by atoms with Crippen molar-refractivity contribution in [1.82, 2.24) is 5.32 Å². The molecular formula is C35H68N2O5. The van der Waals surface area contributed by atoms with Gasteiger partial charge in [0.25, 0.3) is 0 Å². The number of amides is 1. The molecule has 0 saturated carbocycles. The molecule has 0 spiro atoms. The number of hydrogen-bond donors (Lipinski definition) is 3. The van der Waals surface area contributed by atoms with Gasteiger partial charge < -0.3 is 20.9 Å². The third-order valence-electron chi connectivity index (χ3n) is 8.17. The number of carbonyl (C=O) groups is 3. The van der Waals surface area contributed by atoms with Crippen molar-refractivity contribution in [3.63, 3.8) is 0 Å². The molecule has 0 aliphatic carbocycles. The second-order valence-electron chi connectivity index (χ2n) is 12.3. The van der Waals surface area contributed by atoms with Crippen LogP contribution in [0, 0.1) is 0 Å². The zero-order valence-electron chi connectivity index (χ0n) is 27.6. The lowest BCUT2D eigenvalue weighted by Crippen LogP contribution is -2.40. The first-order chi connectivity index (χ1) is 20.4. The quantitative estimate of drug-likeness (QED) is 0.0527. The molecule has 0 fully saturated rings. The van der Waals surface area contributed by atoms with Gasteiger partial charge in [-0.1, -0.05) is 123 Å². The lowest BCUT2D eigenvalue weighted by atomic mass is 10.0. The van der Waals surface area contributed by atoms with Gasteiger partial charge in [-0.2, -0.15) is 0 Å². The number of nitrogens with two attached hydrogens (primary N) is 1. The second kappa shape index (κ2) is 30.8. The average Bonchev–Trinajstić information content (AvgIpc) is 2.97. The van der Waals surface area contributed by atoms with Crippen molar-refractivity contribution in [1.29, 1.82) is 0 Å². The number of esters is 1. The third kappa shape index (κ3) is 27.2. The number of hydrogen-bond acceptors (Lipinski definition) is 5. The molecule has 0 aromatic carbocycles. The van der Waals surface area contributed by atoms with Crippen molar-refractivity contribution in [2.24, 2.45) is 5.73 Å². The van der Waals surface area contributed by atoms with Crippen LogP contribution in [0.5, 0.6) is 0 Å². The summed E-state index contributed by atoms with van der Waals surface area (Å²) >= 11 is 0. The molecule has 248 valence electrons. The van der Waals surface area contributed by atoms with Crippen LogP contribution < -0.4 is 11.1 Å². The molecule has 0 saturated heterocycles. The zero-order valence-corrected chi connectivity index (χ0v) is 27.6. The summed E-state index contributed by atoms with van der Waals surface area (Å²) in [5.74, 6) is -1.27. The Morgan fingerprint density at radius 1 is 0.595 bits per heavy atom. The summed E-state index contributed by atoms with van der Waals surface area (Å²) < 4.78 is 5.91. The van der Waals surface area contributed by atoms with Crippen LogP contribution in [0.25, 0.3) is 0 Å². The zero-order chi connectivity index (χ0) is 31.1. The first-order valence-electron chi connectivity index (χ1n) is 17.9. The van der Waals surface area contributed by atoms with Gasteiger partial charge in [0.2, 0.25) is 5.91 Å². The Bertz CT molecular complexity index is 643. The minimum Gasteiger partial charge on any atom is -0.480 e. The van der Waals surface area contributed by atoms with Gasteiger partial charge in [0.15, 0.2) is 0 Å². The van der Waals surface area contributed by atoms with Crippen LogP contribution in [0.15, 0.2) is 0 Å². The van der Waals surface area contributed by atoms with Crippen LogP contribution >= 0.6 is 0 Å². The van der Waals surface area contributed by atoms with E-state index in [2.05, 4.69) is 19.2 Å². The summed E-state index contributed by atoms with van der Waals surface area (Å²) in [7, 11) is 0. The molecule has 0 aliphatic heterocycles. The summed E-state index contributed by atoms with van der Waals surface area (Å²) in [6.07, 6.45) is 28.7. The first-order valence-corrected chi connectivity index (χ1v) is 17.9. The lowest BCUT2D eigenvalue weighted by molar-refractivity contribution is -0.150. The highest BCUT2D eigenvalue weighted by Gasteiger charge is 2.19. The number of carboxylic acids is 1. The van der Waals surface area contributed by atoms with E-state index in [1.807, 2.05) is 0 Å². The largest absolute Gasteiger partial charge is 0.480 e. The van der Waals surface area contributed by atoms with Crippen molar-refractivity contribution >= 4 is 17.8 Å². The fraction of sp³-hybridized carbons (Fsp3) is 0.914. The molecule has 0 aromatic rings. The van der Waals surface area contributed by atoms with Crippen molar-refractivity contribution in [3.8, 4) is 0 Å². The molecule has 2 atom stereocenters. The van der Waals surface area contributed by atoms with E-state index in [0.29, 0.717) is 32.2 Å². The van der Waals surface area contributed by atoms with Crippen LogP contribution in [0.4, 0.5) is 0 Å². The Labute approximate surface area is 258 Å². The molecule has 0 rings (SSSR count). The van der Waals surface area contributed by atoms with Gasteiger partial charge >= 0.3 is 11.9 Å². The van der Waals surface area contributed by atoms with Gasteiger partial charge in [-0.3, -0.25) is 9.59 Å². The molecular weight excluding hydrogens is 528 g/mol. The highest BCUT2D eigenvalue weighted by Crippen LogP contribution is 2.18. The van der Waals surface area contributed by atoms with E-state index in [1.165, 1.54) is 89.9 Å². The summed E-state index contributed by atoms with van der Waals surface area (Å²) in [6.45, 7) is 4.88. The van der Waals surface area contributed by atoms with Crippen LogP contribution in [0.1, 0.15) is 187 Å². The molecule has 0 bridgehead atoms. The number of carbonyl (C=O) groups excluding carboxylic acids is 2. The Balaban J connectivity index is 4.05. The molecule has 0 aromatic heterocycles. The molecule has 0 radical (unpaired) electrons. The van der Waals surface area contributed by atoms with E-state index in [4.69, 9.17) is 10.5 Å². The van der Waals surface area contributed by atoms with Crippen molar-refractivity contribution in [3.05, 3.63) is 0 Å². The molecule has 7 nitrogen and oxygen atoms in total. The summed E-state index contributed by atoms with van der Waals surface area (Å²) in [5.41, 5.74) is 5.45. The number of carboxylic acid groups (broad SMARTS) is 1. The van der Waals surface area contributed by atoms with E-state index in [9.17, 15) is 19.5 Å². The molecule has 1 amide bonds. The normalized spacial score (nSPS) is 12.6. The van der Waals surface area contributed by atoms with Gasteiger partial charge in [-0.05, 0) is 57.9 Å². The number of nitrogens with one attached hydrogen (secondary N) is 1. The van der Waals surface area contributed by atoms with Crippen molar-refractivity contribution in [2.75, 3.05) is 6.54 Å². The van der Waals surface area contributed by atoms with E-state index in [1.54, 1.807) is 0 Å². The minimum atomic E-state index is -1.01. The number of ether oxygens (including phenoxy) is 1. The van der Waals surface area contributed by atoms with Gasteiger partial charge in [0.1, 0.15) is 12.1 Å². The van der Waals surface area contributed by atoms with Crippen molar-refractivity contribution < 1.29 is 24.2 Å². The Morgan fingerprint density at radius 2 is 1.02 bits per heavy atom. The molecule has 4 N–H and O–H groups in total. The standard InChI is InChI=1S/C35H68N2O5/c1-3-5-7-9-10-11-12-13-14-15-16-17-23-29-34(39)42-31(25-20-8-6-4-2)26-21-18-19-22-28-33(38)37-32(35(40)41)27-24-30-36/h31-32H,3-30,36H2,1-2H3,(H,37,38)(H,40,41). The van der Waals surface area contributed by atoms with Crippen LogP contribution in [-0.4, -0.2) is 41.6 Å². The highest BCUT2D eigenvalue weighted by atomic mass is 16.5.